The van der Waals surface area contributed by atoms with Crippen molar-refractivity contribution < 1.29 is 4.79 Å². The molecule has 1 fully saturated rings. The van der Waals surface area contributed by atoms with Crippen LogP contribution >= 0.6 is 23.2 Å². The summed E-state index contributed by atoms with van der Waals surface area (Å²) in [5, 5.41) is 1.12. The molecule has 1 aliphatic carbocycles. The Bertz CT molecular complexity index is 826. The van der Waals surface area contributed by atoms with Gasteiger partial charge in [-0.25, -0.2) is 4.98 Å². The Balaban J connectivity index is 1.55. The average Bonchev–Trinajstić information content (AvgIpc) is 2.90. The van der Waals surface area contributed by atoms with E-state index in [1.165, 1.54) is 11.1 Å². The van der Waals surface area contributed by atoms with E-state index in [9.17, 15) is 4.79 Å². The number of fused-ring (bicyclic) bond motifs is 1. The molecule has 1 amide bonds. The largest absolute Gasteiger partial charge is 0.346 e. The molecule has 1 unspecified atom stereocenters. The molecule has 2 aromatic heterocycles. The van der Waals surface area contributed by atoms with Crippen molar-refractivity contribution in [2.45, 2.75) is 24.1 Å². The Morgan fingerprint density at radius 1 is 1.43 bits per heavy atom. The molecule has 1 N–H and O–H groups in total. The summed E-state index contributed by atoms with van der Waals surface area (Å²) in [6, 6.07) is 4.00. The highest BCUT2D eigenvalue weighted by Crippen LogP contribution is 2.64. The van der Waals surface area contributed by atoms with E-state index >= 15 is 0 Å². The van der Waals surface area contributed by atoms with Gasteiger partial charge in [-0.3, -0.25) is 4.79 Å². The Morgan fingerprint density at radius 2 is 2.22 bits per heavy atom. The molecule has 1 saturated carbocycles. The van der Waals surface area contributed by atoms with Crippen LogP contribution in [0.3, 0.4) is 0 Å². The van der Waals surface area contributed by atoms with E-state index in [0.29, 0.717) is 19.5 Å². The lowest BCUT2D eigenvalue weighted by Crippen LogP contribution is -2.40. The number of hydrogen-bond acceptors (Lipinski definition) is 2. The quantitative estimate of drug-likeness (QED) is 0.839. The topological polar surface area (TPSA) is 49.0 Å². The van der Waals surface area contributed by atoms with Crippen molar-refractivity contribution in [1.29, 1.82) is 0 Å². The molecule has 0 radical (unpaired) electrons. The summed E-state index contributed by atoms with van der Waals surface area (Å²) in [5.41, 5.74) is 2.67. The maximum Gasteiger partial charge on any atom is 0.231 e. The summed E-state index contributed by atoms with van der Waals surface area (Å²) < 4.78 is -0.906. The van der Waals surface area contributed by atoms with Crippen LogP contribution in [0.15, 0.2) is 30.6 Å². The Morgan fingerprint density at radius 3 is 2.87 bits per heavy atom. The van der Waals surface area contributed by atoms with Crippen molar-refractivity contribution in [1.82, 2.24) is 14.9 Å². The highest BCUT2D eigenvalue weighted by molar-refractivity contribution is 6.53. The first-order valence-corrected chi connectivity index (χ1v) is 8.47. The van der Waals surface area contributed by atoms with Crippen LogP contribution in [-0.2, 0) is 4.79 Å². The monoisotopic (exact) mass is 349 g/mol. The number of rotatable bonds is 2. The molecule has 0 aromatic carbocycles. The summed E-state index contributed by atoms with van der Waals surface area (Å²) >= 11 is 12.3. The summed E-state index contributed by atoms with van der Waals surface area (Å²) in [4.78, 5) is 22.0. The molecule has 0 saturated heterocycles. The second kappa shape index (κ2) is 4.99. The molecule has 1 aliphatic heterocycles. The molecule has 3 heterocycles. The summed E-state index contributed by atoms with van der Waals surface area (Å²) in [6.07, 6.45) is 7.24. The van der Waals surface area contributed by atoms with Crippen LogP contribution in [0.1, 0.15) is 25.3 Å². The number of halogens is 2. The third kappa shape index (κ3) is 2.27. The third-order valence-electron chi connectivity index (χ3n) is 5.02. The van der Waals surface area contributed by atoms with Gasteiger partial charge in [-0.15, -0.1) is 23.2 Å². The van der Waals surface area contributed by atoms with Gasteiger partial charge in [0.15, 0.2) is 0 Å². The second-order valence-electron chi connectivity index (χ2n) is 6.55. The number of H-pyrrole nitrogens is 1. The predicted molar refractivity (Wildman–Crippen MR) is 92.4 cm³/mol. The van der Waals surface area contributed by atoms with E-state index in [4.69, 9.17) is 23.2 Å². The van der Waals surface area contributed by atoms with Crippen molar-refractivity contribution in [3.63, 3.8) is 0 Å². The fraction of sp³-hybridized carbons (Fsp3) is 0.412. The zero-order valence-electron chi connectivity index (χ0n) is 12.8. The molecule has 2 aliphatic rings. The molecular weight excluding hydrogens is 333 g/mol. The molecule has 1 atom stereocenters. The number of aromatic nitrogens is 2. The smallest absolute Gasteiger partial charge is 0.231 e. The highest BCUT2D eigenvalue weighted by atomic mass is 35.5. The van der Waals surface area contributed by atoms with Gasteiger partial charge in [0.1, 0.15) is 9.98 Å². The molecule has 6 heteroatoms. The molecule has 4 rings (SSSR count). The lowest BCUT2D eigenvalue weighted by Gasteiger charge is -2.29. The predicted octanol–water partition coefficient (Wildman–Crippen LogP) is 3.76. The van der Waals surface area contributed by atoms with Gasteiger partial charge in [-0.05, 0) is 37.5 Å². The van der Waals surface area contributed by atoms with Crippen LogP contribution in [0.25, 0.3) is 16.6 Å². The maximum atomic E-state index is 12.6. The van der Waals surface area contributed by atoms with Crippen molar-refractivity contribution in [3.8, 4) is 0 Å². The highest BCUT2D eigenvalue weighted by Gasteiger charge is 2.68. The lowest BCUT2D eigenvalue weighted by atomic mass is 9.98. The minimum atomic E-state index is -0.906. The van der Waals surface area contributed by atoms with E-state index in [2.05, 4.69) is 22.1 Å². The number of carbonyl (C=O) groups excluding carboxylic acids is 1. The number of amides is 1. The van der Waals surface area contributed by atoms with Crippen molar-refractivity contribution in [2.24, 2.45) is 5.41 Å². The zero-order valence-corrected chi connectivity index (χ0v) is 14.3. The molecule has 120 valence electrons. The first-order chi connectivity index (χ1) is 10.9. The Hall–Kier alpha value is -1.52. The number of hydrogen-bond donors (Lipinski definition) is 1. The first-order valence-electron chi connectivity index (χ1n) is 7.71. The minimum absolute atomic E-state index is 0.0541. The van der Waals surface area contributed by atoms with E-state index in [1.807, 2.05) is 24.1 Å². The van der Waals surface area contributed by atoms with Crippen LogP contribution in [0.4, 0.5) is 0 Å². The van der Waals surface area contributed by atoms with Gasteiger partial charge in [0.2, 0.25) is 5.91 Å². The van der Waals surface area contributed by atoms with Gasteiger partial charge in [-0.2, -0.15) is 0 Å². The van der Waals surface area contributed by atoms with Crippen LogP contribution < -0.4 is 0 Å². The molecule has 23 heavy (non-hydrogen) atoms. The maximum absolute atomic E-state index is 12.6. The standard InChI is InChI=1S/C17H17Cl2N3O/c1-16(10-17(16,18)19)15(23)22-7-4-11(5-8-22)13-9-21-14-12(13)3-2-6-20-14/h2-4,6,9H,5,7-8,10H2,1H3,(H,20,21). The zero-order chi connectivity index (χ0) is 16.2. The number of carbonyl (C=O) groups is 1. The number of alkyl halides is 2. The van der Waals surface area contributed by atoms with Crippen molar-refractivity contribution in [2.75, 3.05) is 13.1 Å². The van der Waals surface area contributed by atoms with E-state index < -0.39 is 9.75 Å². The van der Waals surface area contributed by atoms with Crippen LogP contribution in [0, 0.1) is 5.41 Å². The van der Waals surface area contributed by atoms with Gasteiger partial charge in [0, 0.05) is 36.4 Å². The molecule has 4 nitrogen and oxygen atoms in total. The van der Waals surface area contributed by atoms with Gasteiger partial charge in [0.25, 0.3) is 0 Å². The number of nitrogens with zero attached hydrogens (tertiary/aromatic N) is 2. The van der Waals surface area contributed by atoms with E-state index in [0.717, 1.165) is 17.5 Å². The first kappa shape index (κ1) is 15.0. The molecular formula is C17H17Cl2N3O. The van der Waals surface area contributed by atoms with Crippen LogP contribution in [-0.4, -0.2) is 38.2 Å². The van der Waals surface area contributed by atoms with Crippen molar-refractivity contribution >= 4 is 45.7 Å². The van der Waals surface area contributed by atoms with E-state index in [1.54, 1.807) is 6.20 Å². The average molecular weight is 350 g/mol. The fourth-order valence-corrected chi connectivity index (χ4v) is 4.00. The summed E-state index contributed by atoms with van der Waals surface area (Å²) in [6.45, 7) is 3.14. The van der Waals surface area contributed by atoms with Gasteiger partial charge >= 0.3 is 0 Å². The SMILES string of the molecule is CC1(C(=O)N2CC=C(c3c[nH]c4ncccc34)CC2)CC1(Cl)Cl. The molecule has 0 bridgehead atoms. The third-order valence-corrected chi connectivity index (χ3v) is 6.12. The number of pyridine rings is 1. The number of nitrogens with one attached hydrogen (secondary N) is 1. The lowest BCUT2D eigenvalue weighted by molar-refractivity contribution is -0.136. The van der Waals surface area contributed by atoms with Crippen LogP contribution in [0.2, 0.25) is 0 Å². The Kier molecular flexibility index (Phi) is 3.26. The minimum Gasteiger partial charge on any atom is -0.346 e. The summed E-state index contributed by atoms with van der Waals surface area (Å²) in [5.74, 6) is 0.0541. The van der Waals surface area contributed by atoms with Gasteiger partial charge < -0.3 is 9.88 Å². The normalized spacial score (nSPS) is 26.2. The Labute approximate surface area is 144 Å². The number of aromatic amines is 1. The fourth-order valence-electron chi connectivity index (χ4n) is 3.30. The van der Waals surface area contributed by atoms with Crippen LogP contribution in [0.5, 0.6) is 0 Å². The second-order valence-corrected chi connectivity index (χ2v) is 8.03. The molecule has 2 aromatic rings. The van der Waals surface area contributed by atoms with Gasteiger partial charge in [-0.1, -0.05) is 6.08 Å². The molecule has 0 spiro atoms. The van der Waals surface area contributed by atoms with Gasteiger partial charge in [0.05, 0.1) is 5.41 Å². The summed E-state index contributed by atoms with van der Waals surface area (Å²) in [7, 11) is 0. The van der Waals surface area contributed by atoms with E-state index in [-0.39, 0.29) is 5.91 Å². The van der Waals surface area contributed by atoms with Crippen molar-refractivity contribution in [3.05, 3.63) is 36.2 Å².